The van der Waals surface area contributed by atoms with Crippen molar-refractivity contribution in [1.29, 1.82) is 0 Å². The van der Waals surface area contributed by atoms with Crippen molar-refractivity contribution < 1.29 is 24.5 Å². The third kappa shape index (κ3) is 6.14. The van der Waals surface area contributed by atoms with Crippen molar-refractivity contribution in [3.05, 3.63) is 36.1 Å². The summed E-state index contributed by atoms with van der Waals surface area (Å²) in [5.74, 6) is -0.0269. The fourth-order valence-corrected chi connectivity index (χ4v) is 6.72. The molecule has 3 aliphatic rings. The summed E-state index contributed by atoms with van der Waals surface area (Å²) in [6.07, 6.45) is 5.20. The minimum atomic E-state index is -1.00. The number of rotatable bonds is 8. The summed E-state index contributed by atoms with van der Waals surface area (Å²) >= 11 is 9.04. The summed E-state index contributed by atoms with van der Waals surface area (Å²) in [5, 5.41) is 22.4. The second-order valence-electron chi connectivity index (χ2n) is 7.85. The molecule has 3 N–H and O–H groups in total. The van der Waals surface area contributed by atoms with Crippen LogP contribution in [0.3, 0.4) is 0 Å². The number of nitrogens with one attached hydrogen (secondary N) is 1. The molecule has 12 heteroatoms. The molecule has 182 valence electrons. The summed E-state index contributed by atoms with van der Waals surface area (Å²) in [4.78, 5) is 31.9. The number of thioether (sulfide) groups is 2. The topological polar surface area (TPSA) is 115 Å². The molecule has 0 aromatic heterocycles. The molecule has 0 radical (unpaired) electrons. The van der Waals surface area contributed by atoms with Gasteiger partial charge in [-0.15, -0.1) is 23.4 Å². The number of methoxy groups -OCH3 is 1. The number of halogens is 1. The number of amides is 2. The first-order valence-electron chi connectivity index (χ1n) is 10.5. The molecule has 2 unspecified atom stereocenters. The monoisotopic (exact) mass is 516 g/mol. The van der Waals surface area contributed by atoms with Gasteiger partial charge in [0.25, 0.3) is 0 Å². The maximum Gasteiger partial charge on any atom is 0.327 e. The van der Waals surface area contributed by atoms with E-state index in [0.29, 0.717) is 43.0 Å². The van der Waals surface area contributed by atoms with Crippen molar-refractivity contribution in [3.8, 4) is 0 Å². The number of nitrogens with zero attached hydrogens (tertiary/aromatic N) is 3. The smallest absolute Gasteiger partial charge is 0.327 e. The largest absolute Gasteiger partial charge is 0.481 e. The number of aliphatic carboxylic acids is 1. The van der Waals surface area contributed by atoms with Crippen molar-refractivity contribution in [1.82, 2.24) is 15.1 Å². The van der Waals surface area contributed by atoms with E-state index in [9.17, 15) is 14.7 Å². The highest BCUT2D eigenvalue weighted by molar-refractivity contribution is 8.25. The number of carboxylic acids is 1. The van der Waals surface area contributed by atoms with E-state index < -0.39 is 12.4 Å². The van der Waals surface area contributed by atoms with E-state index in [4.69, 9.17) is 21.4 Å². The van der Waals surface area contributed by atoms with Crippen molar-refractivity contribution in [3.63, 3.8) is 0 Å². The van der Waals surface area contributed by atoms with Gasteiger partial charge in [-0.1, -0.05) is 30.5 Å². The summed E-state index contributed by atoms with van der Waals surface area (Å²) in [7, 11) is 1.45. The quantitative estimate of drug-likeness (QED) is 0.333. The van der Waals surface area contributed by atoms with Crippen LogP contribution in [-0.2, 0) is 9.53 Å². The summed E-state index contributed by atoms with van der Waals surface area (Å²) in [6, 6.07) is -0.298. The van der Waals surface area contributed by atoms with Gasteiger partial charge in [-0.2, -0.15) is 0 Å². The minimum Gasteiger partial charge on any atom is -0.481 e. The Morgan fingerprint density at radius 3 is 2.97 bits per heavy atom. The number of hydrogen-bond donors (Lipinski definition) is 3. The molecular weight excluding hydrogens is 488 g/mol. The molecule has 3 heterocycles. The molecule has 0 bridgehead atoms. The van der Waals surface area contributed by atoms with Gasteiger partial charge < -0.3 is 14.9 Å². The van der Waals surface area contributed by atoms with E-state index in [-0.39, 0.29) is 22.4 Å². The van der Waals surface area contributed by atoms with Crippen LogP contribution in [0.15, 0.2) is 41.1 Å². The van der Waals surface area contributed by atoms with Crippen molar-refractivity contribution in [2.75, 3.05) is 44.9 Å². The van der Waals surface area contributed by atoms with Crippen LogP contribution >= 0.6 is 35.1 Å². The number of aliphatic imine (C=N–C) groups is 1. The molecule has 2 saturated heterocycles. The standard InChI is InChI=1S/C21H29ClN4O5S2/c1-3-4-15-14(5-8-22)21(7-9-25(12-21)20(30)31-2)13-26(15)19(29)24-18-23-11-17(33-18)32-10-6-16(27)28/h3-5,17,20,30H,1,6-13H2,2H3,(H,27,28)(H,23,24,29)/b14-5+,15-4?/t17?,20?,21-/m1/s1. The highest BCUT2D eigenvalue weighted by Gasteiger charge is 2.51. The Balaban J connectivity index is 1.71. The number of alkyl halides is 1. The zero-order chi connectivity index (χ0) is 24.0. The minimum absolute atomic E-state index is 0.0818. The second-order valence-corrected chi connectivity index (χ2v) is 11.0. The van der Waals surface area contributed by atoms with Crippen molar-refractivity contribution in [2.45, 2.75) is 23.8 Å². The fourth-order valence-electron chi connectivity index (χ4n) is 4.30. The first-order chi connectivity index (χ1) is 15.8. The zero-order valence-corrected chi connectivity index (χ0v) is 20.8. The number of carbonyl (C=O) groups is 2. The van der Waals surface area contributed by atoms with E-state index in [1.807, 2.05) is 11.0 Å². The number of carboxylic acid groups (broad SMARTS) is 1. The lowest BCUT2D eigenvalue weighted by molar-refractivity contribution is -0.171. The van der Waals surface area contributed by atoms with Gasteiger partial charge in [-0.05, 0) is 18.1 Å². The summed E-state index contributed by atoms with van der Waals surface area (Å²) < 4.78 is 5.16. The first-order valence-corrected chi connectivity index (χ1v) is 13.0. The maximum atomic E-state index is 13.3. The number of likely N-dealkylation sites (tertiary alicyclic amines) is 2. The number of hydrogen-bond acceptors (Lipinski definition) is 8. The van der Waals surface area contributed by atoms with Gasteiger partial charge in [0.15, 0.2) is 5.17 Å². The van der Waals surface area contributed by atoms with Crippen LogP contribution in [0.25, 0.3) is 0 Å². The first kappa shape index (κ1) is 26.1. The van der Waals surface area contributed by atoms with Gasteiger partial charge in [0, 0.05) is 49.5 Å². The molecule has 0 aromatic rings. The van der Waals surface area contributed by atoms with Gasteiger partial charge in [0.05, 0.1) is 17.5 Å². The Kier molecular flexibility index (Phi) is 9.31. The van der Waals surface area contributed by atoms with Crippen LogP contribution in [0.1, 0.15) is 12.8 Å². The second kappa shape index (κ2) is 11.8. The molecular formula is C21H29ClN4O5S2. The number of urea groups is 1. The Hall–Kier alpha value is -1.50. The Morgan fingerprint density at radius 2 is 2.30 bits per heavy atom. The molecule has 0 saturated carbocycles. The lowest BCUT2D eigenvalue weighted by Gasteiger charge is -2.27. The number of allylic oxidation sites excluding steroid dienone is 4. The molecule has 1 spiro atoms. The Morgan fingerprint density at radius 1 is 1.52 bits per heavy atom. The van der Waals surface area contributed by atoms with Gasteiger partial charge in [-0.3, -0.25) is 24.9 Å². The van der Waals surface area contributed by atoms with Crippen LogP contribution in [-0.4, -0.2) is 93.1 Å². The zero-order valence-electron chi connectivity index (χ0n) is 18.4. The van der Waals surface area contributed by atoms with Crippen molar-refractivity contribution in [2.24, 2.45) is 10.4 Å². The number of aliphatic hydroxyl groups excluding tert-OH is 1. The molecule has 33 heavy (non-hydrogen) atoms. The molecule has 3 rings (SSSR count). The Labute approximate surface area is 206 Å². The van der Waals surface area contributed by atoms with E-state index in [2.05, 4.69) is 16.9 Å². The van der Waals surface area contributed by atoms with Gasteiger partial charge in [0.2, 0.25) is 6.41 Å². The van der Waals surface area contributed by atoms with Crippen LogP contribution in [0, 0.1) is 5.41 Å². The SMILES string of the molecule is C=CC=C1/C(=C\CCl)[C@@]2(CCN(C(O)OC)C2)CN1C(=O)NC1=NCC(SCCC(=O)O)S1. The predicted molar refractivity (Wildman–Crippen MR) is 132 cm³/mol. The molecule has 2 amide bonds. The average Bonchev–Trinajstić information content (AvgIpc) is 3.48. The van der Waals surface area contributed by atoms with E-state index in [0.717, 1.165) is 17.7 Å². The van der Waals surface area contributed by atoms with Crippen LogP contribution in [0.2, 0.25) is 0 Å². The van der Waals surface area contributed by atoms with Gasteiger partial charge in [-0.25, -0.2) is 4.79 Å². The fraction of sp³-hybridized carbons (Fsp3) is 0.571. The number of aliphatic hydroxyl groups is 1. The predicted octanol–water partition coefficient (Wildman–Crippen LogP) is 2.50. The molecule has 0 aliphatic carbocycles. The molecule has 3 aliphatic heterocycles. The molecule has 0 aromatic carbocycles. The molecule has 9 nitrogen and oxygen atoms in total. The lowest BCUT2D eigenvalue weighted by Crippen LogP contribution is -2.42. The average molecular weight is 517 g/mol. The highest BCUT2D eigenvalue weighted by Crippen LogP contribution is 2.49. The normalized spacial score (nSPS) is 28.6. The highest BCUT2D eigenvalue weighted by atomic mass is 35.5. The third-order valence-corrected chi connectivity index (χ3v) is 8.45. The van der Waals surface area contributed by atoms with Gasteiger partial charge >= 0.3 is 12.0 Å². The van der Waals surface area contributed by atoms with Crippen LogP contribution in [0.4, 0.5) is 4.79 Å². The third-order valence-electron chi connectivity index (χ3n) is 5.77. The van der Waals surface area contributed by atoms with Crippen LogP contribution in [0.5, 0.6) is 0 Å². The van der Waals surface area contributed by atoms with Crippen LogP contribution < -0.4 is 5.32 Å². The van der Waals surface area contributed by atoms with Gasteiger partial charge in [0.1, 0.15) is 0 Å². The number of carbonyl (C=O) groups excluding carboxylic acids is 1. The number of ether oxygens (including phenoxy) is 1. The maximum absolute atomic E-state index is 13.3. The Bertz CT molecular complexity index is 868. The van der Waals surface area contributed by atoms with E-state index in [1.165, 1.54) is 30.6 Å². The lowest BCUT2D eigenvalue weighted by atomic mass is 9.80. The van der Waals surface area contributed by atoms with E-state index >= 15 is 0 Å². The molecule has 3 atom stereocenters. The summed E-state index contributed by atoms with van der Waals surface area (Å²) in [5.41, 5.74) is 1.31. The number of amidine groups is 1. The van der Waals surface area contributed by atoms with Crippen molar-refractivity contribution >= 4 is 52.3 Å². The summed E-state index contributed by atoms with van der Waals surface area (Å²) in [6.45, 7) is 5.91. The molecule has 2 fully saturated rings. The van der Waals surface area contributed by atoms with E-state index in [1.54, 1.807) is 17.1 Å².